The molecule has 1 aromatic rings. The standard InChI is InChI=1S/C15H22ClN3O4/c1-14(2,3)22-12(20)19(13(21)23-15(4,5)6)11-7-9(16)10(17)8-18-11/h7-8H,17H2,1-6H3. The van der Waals surface area contributed by atoms with Crippen LogP contribution in [0, 0.1) is 0 Å². The maximum atomic E-state index is 12.4. The summed E-state index contributed by atoms with van der Waals surface area (Å²) < 4.78 is 10.5. The van der Waals surface area contributed by atoms with E-state index >= 15 is 0 Å². The average molecular weight is 344 g/mol. The third-order valence-electron chi connectivity index (χ3n) is 2.25. The van der Waals surface area contributed by atoms with Gasteiger partial charge in [-0.15, -0.1) is 0 Å². The Labute approximate surface area is 140 Å². The molecule has 1 aromatic heterocycles. The fraction of sp³-hybridized carbons (Fsp3) is 0.533. The van der Waals surface area contributed by atoms with E-state index in [0.717, 1.165) is 0 Å². The predicted octanol–water partition coefficient (Wildman–Crippen LogP) is 3.99. The zero-order chi connectivity index (χ0) is 18.0. The van der Waals surface area contributed by atoms with E-state index in [1.54, 1.807) is 41.5 Å². The van der Waals surface area contributed by atoms with Crippen molar-refractivity contribution >= 4 is 35.3 Å². The molecule has 1 rings (SSSR count). The summed E-state index contributed by atoms with van der Waals surface area (Å²) in [6.45, 7) is 10.1. The van der Waals surface area contributed by atoms with Crippen molar-refractivity contribution in [3.63, 3.8) is 0 Å². The van der Waals surface area contributed by atoms with Gasteiger partial charge in [0.2, 0.25) is 0 Å². The van der Waals surface area contributed by atoms with Crippen molar-refractivity contribution in [3.8, 4) is 0 Å². The van der Waals surface area contributed by atoms with Gasteiger partial charge in [-0.2, -0.15) is 4.90 Å². The van der Waals surface area contributed by atoms with Crippen LogP contribution in [0.4, 0.5) is 21.1 Å². The van der Waals surface area contributed by atoms with Crippen LogP contribution in [-0.4, -0.2) is 28.4 Å². The van der Waals surface area contributed by atoms with Crippen molar-refractivity contribution in [2.24, 2.45) is 0 Å². The highest BCUT2D eigenvalue weighted by molar-refractivity contribution is 6.33. The number of nitrogens with two attached hydrogens (primary N) is 1. The maximum absolute atomic E-state index is 12.4. The van der Waals surface area contributed by atoms with Crippen LogP contribution in [0.2, 0.25) is 5.02 Å². The molecule has 0 aliphatic rings. The van der Waals surface area contributed by atoms with E-state index in [2.05, 4.69) is 4.98 Å². The first-order valence-electron chi connectivity index (χ1n) is 6.97. The van der Waals surface area contributed by atoms with E-state index in [0.29, 0.717) is 4.90 Å². The molecule has 0 saturated carbocycles. The van der Waals surface area contributed by atoms with Gasteiger partial charge in [0.25, 0.3) is 0 Å². The molecular formula is C15H22ClN3O4. The van der Waals surface area contributed by atoms with E-state index in [9.17, 15) is 9.59 Å². The quantitative estimate of drug-likeness (QED) is 0.828. The number of carbonyl (C=O) groups is 2. The lowest BCUT2D eigenvalue weighted by atomic mass is 10.2. The van der Waals surface area contributed by atoms with E-state index in [1.807, 2.05) is 0 Å². The number of amides is 2. The highest BCUT2D eigenvalue weighted by atomic mass is 35.5. The third kappa shape index (κ3) is 5.94. The topological polar surface area (TPSA) is 94.8 Å². The van der Waals surface area contributed by atoms with Crippen molar-refractivity contribution in [2.45, 2.75) is 52.7 Å². The molecule has 8 heteroatoms. The summed E-state index contributed by atoms with van der Waals surface area (Å²) in [4.78, 5) is 29.4. The molecule has 7 nitrogen and oxygen atoms in total. The summed E-state index contributed by atoms with van der Waals surface area (Å²) in [7, 11) is 0. The summed E-state index contributed by atoms with van der Waals surface area (Å²) in [6, 6.07) is 1.30. The second-order valence-electron chi connectivity index (χ2n) is 6.86. The number of hydrogen-bond donors (Lipinski definition) is 1. The number of ether oxygens (including phenoxy) is 2. The Morgan fingerprint density at radius 2 is 1.52 bits per heavy atom. The first-order chi connectivity index (χ1) is 10.3. The first kappa shape index (κ1) is 19.0. The fourth-order valence-corrected chi connectivity index (χ4v) is 1.58. The van der Waals surface area contributed by atoms with Gasteiger partial charge in [0.05, 0.1) is 16.9 Å². The monoisotopic (exact) mass is 343 g/mol. The van der Waals surface area contributed by atoms with Crippen LogP contribution in [0.15, 0.2) is 12.3 Å². The zero-order valence-electron chi connectivity index (χ0n) is 14.1. The van der Waals surface area contributed by atoms with Crippen molar-refractivity contribution in [2.75, 3.05) is 10.6 Å². The largest absolute Gasteiger partial charge is 0.443 e. The van der Waals surface area contributed by atoms with Gasteiger partial charge in [-0.3, -0.25) is 0 Å². The summed E-state index contributed by atoms with van der Waals surface area (Å²) in [5, 5.41) is 0.159. The number of aromatic nitrogens is 1. The second kappa shape index (κ2) is 6.62. The Morgan fingerprint density at radius 1 is 1.09 bits per heavy atom. The number of hydrogen-bond acceptors (Lipinski definition) is 6. The van der Waals surface area contributed by atoms with Crippen LogP contribution in [0.25, 0.3) is 0 Å². The van der Waals surface area contributed by atoms with Crippen LogP contribution in [0.1, 0.15) is 41.5 Å². The van der Waals surface area contributed by atoms with E-state index in [-0.39, 0.29) is 16.5 Å². The van der Waals surface area contributed by atoms with Crippen LogP contribution in [0.5, 0.6) is 0 Å². The lowest BCUT2D eigenvalue weighted by molar-refractivity contribution is 0.0429. The van der Waals surface area contributed by atoms with Crippen LogP contribution in [-0.2, 0) is 9.47 Å². The van der Waals surface area contributed by atoms with Gasteiger partial charge in [-0.1, -0.05) is 11.6 Å². The smallest absolute Gasteiger partial charge is 0.425 e. The Morgan fingerprint density at radius 3 is 1.87 bits per heavy atom. The molecule has 0 unspecified atom stereocenters. The highest BCUT2D eigenvalue weighted by Crippen LogP contribution is 2.25. The molecule has 0 spiro atoms. The Balaban J connectivity index is 3.22. The average Bonchev–Trinajstić information content (AvgIpc) is 2.29. The summed E-state index contributed by atoms with van der Waals surface area (Å²) in [5.41, 5.74) is 4.23. The van der Waals surface area contributed by atoms with Crippen LogP contribution in [0.3, 0.4) is 0 Å². The molecular weight excluding hydrogens is 322 g/mol. The molecule has 0 aliphatic heterocycles. The Bertz CT molecular complexity index is 578. The molecule has 23 heavy (non-hydrogen) atoms. The first-order valence-corrected chi connectivity index (χ1v) is 7.35. The number of nitrogen functional groups attached to an aromatic ring is 1. The number of rotatable bonds is 1. The predicted molar refractivity (Wildman–Crippen MR) is 88.6 cm³/mol. The number of pyridine rings is 1. The SMILES string of the molecule is CC(C)(C)OC(=O)N(C(=O)OC(C)(C)C)c1cc(Cl)c(N)cn1. The molecule has 0 radical (unpaired) electrons. The number of imide groups is 1. The maximum Gasteiger partial charge on any atom is 0.425 e. The van der Waals surface area contributed by atoms with Crippen molar-refractivity contribution in [1.29, 1.82) is 0 Å². The molecule has 2 N–H and O–H groups in total. The minimum atomic E-state index is -0.917. The zero-order valence-corrected chi connectivity index (χ0v) is 14.9. The molecule has 0 saturated heterocycles. The van der Waals surface area contributed by atoms with E-state index in [4.69, 9.17) is 26.8 Å². The van der Waals surface area contributed by atoms with Gasteiger partial charge in [0.15, 0.2) is 0 Å². The summed E-state index contributed by atoms with van der Waals surface area (Å²) in [5.74, 6) is -0.0345. The molecule has 0 aliphatic carbocycles. The van der Waals surface area contributed by atoms with Crippen LogP contribution < -0.4 is 10.6 Å². The molecule has 0 bridgehead atoms. The third-order valence-corrected chi connectivity index (χ3v) is 2.58. The molecule has 0 atom stereocenters. The minimum Gasteiger partial charge on any atom is -0.443 e. The number of carbonyl (C=O) groups excluding carboxylic acids is 2. The minimum absolute atomic E-state index is 0.0345. The lowest BCUT2D eigenvalue weighted by Crippen LogP contribution is -2.44. The molecule has 2 amide bonds. The van der Waals surface area contributed by atoms with Gasteiger partial charge in [-0.05, 0) is 41.5 Å². The van der Waals surface area contributed by atoms with Crippen molar-refractivity contribution in [3.05, 3.63) is 17.3 Å². The number of halogens is 1. The van der Waals surface area contributed by atoms with Gasteiger partial charge >= 0.3 is 12.2 Å². The fourth-order valence-electron chi connectivity index (χ4n) is 1.43. The Kier molecular flexibility index (Phi) is 5.47. The van der Waals surface area contributed by atoms with Gasteiger partial charge < -0.3 is 15.2 Å². The van der Waals surface area contributed by atoms with Gasteiger partial charge in [0, 0.05) is 6.07 Å². The van der Waals surface area contributed by atoms with E-state index < -0.39 is 23.4 Å². The van der Waals surface area contributed by atoms with Gasteiger partial charge in [-0.25, -0.2) is 14.6 Å². The van der Waals surface area contributed by atoms with Crippen molar-refractivity contribution in [1.82, 2.24) is 4.98 Å². The number of anilines is 2. The summed E-state index contributed by atoms with van der Waals surface area (Å²) >= 11 is 5.94. The molecule has 0 fully saturated rings. The second-order valence-corrected chi connectivity index (χ2v) is 7.27. The van der Waals surface area contributed by atoms with Gasteiger partial charge in [0.1, 0.15) is 17.0 Å². The normalized spacial score (nSPS) is 11.8. The van der Waals surface area contributed by atoms with Crippen LogP contribution >= 0.6 is 11.6 Å². The lowest BCUT2D eigenvalue weighted by Gasteiger charge is -2.28. The highest BCUT2D eigenvalue weighted by Gasteiger charge is 2.33. The van der Waals surface area contributed by atoms with Crippen molar-refractivity contribution < 1.29 is 19.1 Å². The number of nitrogens with zero attached hydrogens (tertiary/aromatic N) is 2. The molecule has 128 valence electrons. The van der Waals surface area contributed by atoms with E-state index in [1.165, 1.54) is 12.3 Å². The molecule has 0 aromatic carbocycles. The summed E-state index contributed by atoms with van der Waals surface area (Å²) in [6.07, 6.45) is -0.584. The Hall–Kier alpha value is -2.02. The molecule has 1 heterocycles.